The van der Waals surface area contributed by atoms with Gasteiger partial charge in [-0.2, -0.15) is 0 Å². The van der Waals surface area contributed by atoms with Crippen LogP contribution >= 0.6 is 0 Å². The first-order valence-electron chi connectivity index (χ1n) is 11.9. The number of aromatic amines is 1. The van der Waals surface area contributed by atoms with Gasteiger partial charge in [-0.3, -0.25) is 4.79 Å². The summed E-state index contributed by atoms with van der Waals surface area (Å²) in [6.45, 7) is 7.22. The molecule has 1 N–H and O–H groups in total. The van der Waals surface area contributed by atoms with Gasteiger partial charge in [0.15, 0.2) is 11.6 Å². The number of nitrogens with zero attached hydrogens (tertiary/aromatic N) is 1. The van der Waals surface area contributed by atoms with E-state index in [0.717, 1.165) is 46.5 Å². The average molecular weight is 477 g/mol. The van der Waals surface area contributed by atoms with Gasteiger partial charge in [-0.25, -0.2) is 8.78 Å². The van der Waals surface area contributed by atoms with E-state index in [1.54, 1.807) is 4.90 Å². The highest BCUT2D eigenvalue weighted by molar-refractivity contribution is 6.08. The molecule has 0 bridgehead atoms. The molecular formula is C29H30F2N2O2. The van der Waals surface area contributed by atoms with Crippen LogP contribution in [0.4, 0.5) is 8.78 Å². The number of benzene rings is 3. The van der Waals surface area contributed by atoms with Crippen molar-refractivity contribution in [3.05, 3.63) is 101 Å². The van der Waals surface area contributed by atoms with Gasteiger partial charge in [0.1, 0.15) is 5.75 Å². The summed E-state index contributed by atoms with van der Waals surface area (Å²) >= 11 is 0. The summed E-state index contributed by atoms with van der Waals surface area (Å²) < 4.78 is 33.2. The molecule has 35 heavy (non-hydrogen) atoms. The van der Waals surface area contributed by atoms with Crippen LogP contribution in [0.1, 0.15) is 60.3 Å². The van der Waals surface area contributed by atoms with E-state index in [4.69, 9.17) is 4.74 Å². The van der Waals surface area contributed by atoms with Crippen molar-refractivity contribution in [1.82, 2.24) is 9.88 Å². The molecule has 0 spiro atoms. The zero-order valence-electron chi connectivity index (χ0n) is 20.3. The molecule has 0 radical (unpaired) electrons. The second kappa shape index (κ2) is 10.7. The predicted molar refractivity (Wildman–Crippen MR) is 135 cm³/mol. The Kier molecular flexibility index (Phi) is 7.49. The van der Waals surface area contributed by atoms with Gasteiger partial charge in [-0.05, 0) is 47.7 Å². The first-order valence-corrected chi connectivity index (χ1v) is 11.9. The van der Waals surface area contributed by atoms with Crippen LogP contribution < -0.4 is 4.74 Å². The molecular weight excluding hydrogens is 446 g/mol. The largest absolute Gasteiger partial charge is 0.494 e. The van der Waals surface area contributed by atoms with Crippen molar-refractivity contribution in [1.29, 1.82) is 0 Å². The minimum absolute atomic E-state index is 0.0724. The lowest BCUT2D eigenvalue weighted by Crippen LogP contribution is -2.31. The quantitative estimate of drug-likeness (QED) is 0.278. The highest BCUT2D eigenvalue weighted by atomic mass is 19.2. The summed E-state index contributed by atoms with van der Waals surface area (Å²) in [6, 6.07) is 19.1. The average Bonchev–Trinajstić information content (AvgIpc) is 3.24. The number of ether oxygens (including phenoxy) is 1. The third-order valence-electron chi connectivity index (χ3n) is 5.92. The second-order valence-electron chi connectivity index (χ2n) is 9.02. The fourth-order valence-corrected chi connectivity index (χ4v) is 4.19. The monoisotopic (exact) mass is 476 g/mol. The number of hydrogen-bond donors (Lipinski definition) is 1. The smallest absolute Gasteiger partial charge is 0.256 e. The van der Waals surface area contributed by atoms with Crippen molar-refractivity contribution < 1.29 is 18.3 Å². The number of aromatic nitrogens is 1. The van der Waals surface area contributed by atoms with Gasteiger partial charge >= 0.3 is 0 Å². The number of hydrogen-bond acceptors (Lipinski definition) is 2. The number of amides is 1. The maximum Gasteiger partial charge on any atom is 0.256 e. The highest BCUT2D eigenvalue weighted by Crippen LogP contribution is 2.32. The van der Waals surface area contributed by atoms with Crippen LogP contribution in [0.2, 0.25) is 0 Å². The van der Waals surface area contributed by atoms with Crippen LogP contribution in [0.5, 0.6) is 5.75 Å². The Hall–Kier alpha value is -3.67. The fraction of sp³-hybridized carbons (Fsp3) is 0.276. The van der Waals surface area contributed by atoms with Crippen LogP contribution in [0.25, 0.3) is 10.9 Å². The first kappa shape index (κ1) is 24.5. The van der Waals surface area contributed by atoms with Gasteiger partial charge in [0.2, 0.25) is 0 Å². The number of nitrogens with one attached hydrogen (secondary N) is 1. The minimum atomic E-state index is -0.927. The van der Waals surface area contributed by atoms with Crippen molar-refractivity contribution in [2.45, 2.75) is 46.2 Å². The Balaban J connectivity index is 1.76. The van der Waals surface area contributed by atoms with Crippen molar-refractivity contribution >= 4 is 16.8 Å². The van der Waals surface area contributed by atoms with Crippen LogP contribution in [-0.2, 0) is 13.1 Å². The molecule has 0 aliphatic rings. The van der Waals surface area contributed by atoms with Gasteiger partial charge in [-0.1, -0.05) is 57.2 Å². The van der Waals surface area contributed by atoms with E-state index in [-0.39, 0.29) is 18.4 Å². The molecule has 0 aliphatic carbocycles. The lowest BCUT2D eigenvalue weighted by Gasteiger charge is -2.24. The van der Waals surface area contributed by atoms with E-state index in [1.165, 1.54) is 6.07 Å². The number of rotatable bonds is 9. The highest BCUT2D eigenvalue weighted by Gasteiger charge is 2.26. The summed E-state index contributed by atoms with van der Waals surface area (Å²) in [4.78, 5) is 19.2. The third-order valence-corrected chi connectivity index (χ3v) is 5.92. The number of H-pyrrole nitrogens is 1. The molecule has 1 amide bonds. The van der Waals surface area contributed by atoms with E-state index in [1.807, 2.05) is 62.4 Å². The Labute approximate surface area is 204 Å². The van der Waals surface area contributed by atoms with Gasteiger partial charge in [0.25, 0.3) is 5.91 Å². The summed E-state index contributed by atoms with van der Waals surface area (Å²) in [7, 11) is 0. The van der Waals surface area contributed by atoms with E-state index in [9.17, 15) is 13.6 Å². The standard InChI is InChI=1S/C29H30F2N2O2/c1-4-14-35-22-11-12-23-26(16-22)32-28(19(2)3)27(23)29(34)33(17-20-8-6-5-7-9-20)18-21-10-13-24(30)25(31)15-21/h5-13,15-16,19,32H,4,14,17-18H2,1-3H3. The van der Waals surface area contributed by atoms with Gasteiger partial charge < -0.3 is 14.6 Å². The molecule has 0 unspecified atom stereocenters. The molecule has 0 fully saturated rings. The zero-order valence-corrected chi connectivity index (χ0v) is 20.3. The number of carbonyl (C=O) groups excluding carboxylic acids is 1. The minimum Gasteiger partial charge on any atom is -0.494 e. The van der Waals surface area contributed by atoms with Crippen molar-refractivity contribution in [3.63, 3.8) is 0 Å². The lowest BCUT2D eigenvalue weighted by atomic mass is 10.0. The summed E-state index contributed by atoms with van der Waals surface area (Å²) in [6.07, 6.45) is 0.905. The molecule has 4 rings (SSSR count). The molecule has 6 heteroatoms. The SMILES string of the molecule is CCCOc1ccc2c(C(=O)N(Cc3ccccc3)Cc3ccc(F)c(F)c3)c(C(C)C)[nH]c2c1. The molecule has 0 saturated heterocycles. The van der Waals surface area contributed by atoms with E-state index >= 15 is 0 Å². The van der Waals surface area contributed by atoms with E-state index < -0.39 is 11.6 Å². The third kappa shape index (κ3) is 5.53. The molecule has 0 aliphatic heterocycles. The van der Waals surface area contributed by atoms with Crippen molar-refractivity contribution in [2.24, 2.45) is 0 Å². The number of fused-ring (bicyclic) bond motifs is 1. The molecule has 1 aromatic heterocycles. The van der Waals surface area contributed by atoms with E-state index in [0.29, 0.717) is 24.3 Å². The maximum atomic E-state index is 14.1. The van der Waals surface area contributed by atoms with Crippen molar-refractivity contribution in [3.8, 4) is 5.75 Å². The molecule has 182 valence electrons. The topological polar surface area (TPSA) is 45.3 Å². The normalized spacial score (nSPS) is 11.3. The Morgan fingerprint density at radius 1 is 0.943 bits per heavy atom. The van der Waals surface area contributed by atoms with E-state index in [2.05, 4.69) is 11.9 Å². The Morgan fingerprint density at radius 2 is 1.69 bits per heavy atom. The molecule has 4 nitrogen and oxygen atoms in total. The Bertz CT molecular complexity index is 1320. The summed E-state index contributed by atoms with van der Waals surface area (Å²) in [5.41, 5.74) is 3.73. The maximum absolute atomic E-state index is 14.1. The second-order valence-corrected chi connectivity index (χ2v) is 9.02. The predicted octanol–water partition coefficient (Wildman–Crippen LogP) is 7.20. The van der Waals surface area contributed by atoms with Crippen LogP contribution in [0.3, 0.4) is 0 Å². The van der Waals surface area contributed by atoms with Crippen molar-refractivity contribution in [2.75, 3.05) is 6.61 Å². The first-order chi connectivity index (χ1) is 16.9. The Morgan fingerprint density at radius 3 is 2.37 bits per heavy atom. The molecule has 0 atom stereocenters. The van der Waals surface area contributed by atoms with Gasteiger partial charge in [0, 0.05) is 30.2 Å². The van der Waals surface area contributed by atoms with Gasteiger partial charge in [0.05, 0.1) is 17.7 Å². The number of halogens is 2. The fourth-order valence-electron chi connectivity index (χ4n) is 4.19. The lowest BCUT2D eigenvalue weighted by molar-refractivity contribution is 0.0730. The van der Waals surface area contributed by atoms with Crippen LogP contribution in [-0.4, -0.2) is 22.4 Å². The van der Waals surface area contributed by atoms with Crippen LogP contribution in [0.15, 0.2) is 66.7 Å². The molecule has 4 aromatic rings. The summed E-state index contributed by atoms with van der Waals surface area (Å²) in [5.74, 6) is -1.18. The summed E-state index contributed by atoms with van der Waals surface area (Å²) in [5, 5.41) is 0.811. The molecule has 3 aromatic carbocycles. The molecule has 0 saturated carbocycles. The van der Waals surface area contributed by atoms with Gasteiger partial charge in [-0.15, -0.1) is 0 Å². The number of carbonyl (C=O) groups is 1. The molecule has 1 heterocycles. The van der Waals surface area contributed by atoms with Crippen LogP contribution in [0, 0.1) is 11.6 Å². The zero-order chi connectivity index (χ0) is 24.9.